The van der Waals surface area contributed by atoms with Crippen molar-refractivity contribution in [2.75, 3.05) is 14.1 Å². The van der Waals surface area contributed by atoms with Gasteiger partial charge in [-0.25, -0.2) is 0 Å². The van der Waals surface area contributed by atoms with E-state index < -0.39 is 0 Å². The van der Waals surface area contributed by atoms with Crippen LogP contribution in [0, 0.1) is 0 Å². The number of benzene rings is 1. The molecule has 0 saturated carbocycles. The molecule has 1 fully saturated rings. The molecule has 0 unspecified atom stereocenters. The van der Waals surface area contributed by atoms with Crippen LogP contribution in [0.1, 0.15) is 5.56 Å². The van der Waals surface area contributed by atoms with Crippen molar-refractivity contribution in [2.24, 2.45) is 0 Å². The van der Waals surface area contributed by atoms with E-state index >= 15 is 0 Å². The third-order valence-electron chi connectivity index (χ3n) is 2.71. The SMILES string of the molecule is CN1C(=O)/C(=C\c2ccc(Cl)cc2Cl)N(C)C1=S. The molecule has 0 spiro atoms. The first kappa shape index (κ1) is 13.3. The van der Waals surface area contributed by atoms with Crippen LogP contribution in [0.15, 0.2) is 23.9 Å². The van der Waals surface area contributed by atoms with E-state index in [1.807, 2.05) is 0 Å². The number of carbonyl (C=O) groups excluding carboxylic acids is 1. The van der Waals surface area contributed by atoms with Crippen molar-refractivity contribution in [2.45, 2.75) is 0 Å². The number of carbonyl (C=O) groups is 1. The van der Waals surface area contributed by atoms with Crippen molar-refractivity contribution in [3.8, 4) is 0 Å². The molecular weight excluding hydrogens is 291 g/mol. The van der Waals surface area contributed by atoms with Gasteiger partial charge < -0.3 is 4.90 Å². The maximum Gasteiger partial charge on any atom is 0.276 e. The van der Waals surface area contributed by atoms with Gasteiger partial charge in [0.15, 0.2) is 5.11 Å². The Morgan fingerprint density at radius 3 is 2.39 bits per heavy atom. The van der Waals surface area contributed by atoms with Gasteiger partial charge in [-0.1, -0.05) is 29.3 Å². The summed E-state index contributed by atoms with van der Waals surface area (Å²) in [6.07, 6.45) is 1.71. The molecular formula is C12H10Cl2N2OS. The lowest BCUT2D eigenvalue weighted by atomic mass is 10.2. The zero-order chi connectivity index (χ0) is 13.4. The van der Waals surface area contributed by atoms with Gasteiger partial charge in [0.05, 0.1) is 0 Å². The van der Waals surface area contributed by atoms with Crippen molar-refractivity contribution in [3.63, 3.8) is 0 Å². The maximum atomic E-state index is 12.0. The third-order valence-corrected chi connectivity index (χ3v) is 3.82. The van der Waals surface area contributed by atoms with E-state index in [1.165, 1.54) is 4.90 Å². The van der Waals surface area contributed by atoms with Gasteiger partial charge in [0.1, 0.15) is 5.70 Å². The summed E-state index contributed by atoms with van der Waals surface area (Å²) in [7, 11) is 3.39. The van der Waals surface area contributed by atoms with Crippen LogP contribution in [0.25, 0.3) is 6.08 Å². The Morgan fingerprint density at radius 1 is 1.22 bits per heavy atom. The van der Waals surface area contributed by atoms with Crippen molar-refractivity contribution in [1.29, 1.82) is 0 Å². The molecule has 0 aliphatic carbocycles. The predicted molar refractivity (Wildman–Crippen MR) is 77.6 cm³/mol. The van der Waals surface area contributed by atoms with E-state index in [9.17, 15) is 4.79 Å². The first-order valence-corrected chi connectivity index (χ1v) is 6.30. The summed E-state index contributed by atoms with van der Waals surface area (Å²) >= 11 is 17.0. The highest BCUT2D eigenvalue weighted by molar-refractivity contribution is 7.80. The molecule has 0 N–H and O–H groups in total. The molecule has 1 aromatic rings. The van der Waals surface area contributed by atoms with E-state index in [-0.39, 0.29) is 5.91 Å². The van der Waals surface area contributed by atoms with Crippen LogP contribution >= 0.6 is 35.4 Å². The van der Waals surface area contributed by atoms with E-state index in [0.717, 1.165) is 5.56 Å². The first-order valence-electron chi connectivity index (χ1n) is 5.14. The standard InChI is InChI=1S/C12H10Cl2N2OS/c1-15-10(11(17)16(2)12(15)18)5-7-3-4-8(13)6-9(7)14/h3-6H,1-2H3/b10-5+. The van der Waals surface area contributed by atoms with E-state index in [4.69, 9.17) is 35.4 Å². The van der Waals surface area contributed by atoms with Crippen LogP contribution in [-0.4, -0.2) is 34.9 Å². The fourth-order valence-electron chi connectivity index (χ4n) is 1.65. The molecule has 6 heteroatoms. The number of hydrogen-bond donors (Lipinski definition) is 0. The molecule has 1 amide bonds. The number of thiocarbonyl (C=S) groups is 1. The Balaban J connectivity index is 2.45. The molecule has 2 rings (SSSR count). The minimum Gasteiger partial charge on any atom is -0.317 e. The molecule has 0 radical (unpaired) electrons. The van der Waals surface area contributed by atoms with Crippen molar-refractivity contribution >= 4 is 52.5 Å². The average Bonchev–Trinajstić information content (AvgIpc) is 2.50. The number of halogens is 2. The summed E-state index contributed by atoms with van der Waals surface area (Å²) in [5, 5.41) is 1.52. The second-order valence-corrected chi connectivity index (χ2v) is 5.11. The summed E-state index contributed by atoms with van der Waals surface area (Å²) in [5.74, 6) is -0.145. The minimum absolute atomic E-state index is 0.145. The van der Waals surface area contributed by atoms with Crippen LogP contribution in [-0.2, 0) is 4.79 Å². The molecule has 1 aliphatic heterocycles. The predicted octanol–water partition coefficient (Wildman–Crippen LogP) is 3.02. The number of nitrogens with zero attached hydrogens (tertiary/aromatic N) is 2. The lowest BCUT2D eigenvalue weighted by Crippen LogP contribution is -2.26. The molecule has 1 aromatic carbocycles. The van der Waals surface area contributed by atoms with Gasteiger partial charge in [-0.3, -0.25) is 9.69 Å². The van der Waals surface area contributed by atoms with Crippen LogP contribution < -0.4 is 0 Å². The first-order chi connectivity index (χ1) is 8.41. The van der Waals surface area contributed by atoms with Gasteiger partial charge in [0, 0.05) is 24.1 Å². The topological polar surface area (TPSA) is 23.6 Å². The van der Waals surface area contributed by atoms with Gasteiger partial charge in [-0.15, -0.1) is 0 Å². The maximum absolute atomic E-state index is 12.0. The molecule has 1 heterocycles. The number of rotatable bonds is 1. The fourth-order valence-corrected chi connectivity index (χ4v) is 2.30. The molecule has 0 atom stereocenters. The molecule has 18 heavy (non-hydrogen) atoms. The van der Waals surface area contributed by atoms with Crippen molar-refractivity contribution < 1.29 is 4.79 Å². The smallest absolute Gasteiger partial charge is 0.276 e. The van der Waals surface area contributed by atoms with Crippen LogP contribution in [0.2, 0.25) is 10.0 Å². The fraction of sp³-hybridized carbons (Fsp3) is 0.167. The summed E-state index contributed by atoms with van der Waals surface area (Å²) in [5.41, 5.74) is 1.22. The molecule has 1 aliphatic rings. The zero-order valence-electron chi connectivity index (χ0n) is 9.78. The Hall–Kier alpha value is -1.10. The normalized spacial score (nSPS) is 18.1. The van der Waals surface area contributed by atoms with Crippen LogP contribution in [0.4, 0.5) is 0 Å². The second-order valence-electron chi connectivity index (χ2n) is 3.90. The average molecular weight is 301 g/mol. The van der Waals surface area contributed by atoms with Gasteiger partial charge in [0.2, 0.25) is 0 Å². The highest BCUT2D eigenvalue weighted by atomic mass is 35.5. The zero-order valence-corrected chi connectivity index (χ0v) is 12.1. The van der Waals surface area contributed by atoms with Gasteiger partial charge in [0.25, 0.3) is 5.91 Å². The van der Waals surface area contributed by atoms with E-state index in [2.05, 4.69) is 0 Å². The molecule has 0 bridgehead atoms. The third kappa shape index (κ3) is 2.23. The van der Waals surface area contributed by atoms with E-state index in [0.29, 0.717) is 20.9 Å². The highest BCUT2D eigenvalue weighted by Crippen LogP contribution is 2.26. The largest absolute Gasteiger partial charge is 0.317 e. The molecule has 1 saturated heterocycles. The lowest BCUT2D eigenvalue weighted by molar-refractivity contribution is -0.121. The molecule has 94 valence electrons. The Morgan fingerprint density at radius 2 is 1.89 bits per heavy atom. The van der Waals surface area contributed by atoms with Crippen LogP contribution in [0.3, 0.4) is 0 Å². The van der Waals surface area contributed by atoms with Crippen molar-refractivity contribution in [3.05, 3.63) is 39.5 Å². The highest BCUT2D eigenvalue weighted by Gasteiger charge is 2.32. The number of hydrogen-bond acceptors (Lipinski definition) is 2. The van der Waals surface area contributed by atoms with Gasteiger partial charge >= 0.3 is 0 Å². The van der Waals surface area contributed by atoms with Crippen molar-refractivity contribution in [1.82, 2.24) is 9.80 Å². The second kappa shape index (κ2) is 4.88. The summed E-state index contributed by atoms with van der Waals surface area (Å²) < 4.78 is 0. The summed E-state index contributed by atoms with van der Waals surface area (Å²) in [6.45, 7) is 0. The number of likely N-dealkylation sites (N-methyl/N-ethyl adjacent to an activating group) is 2. The van der Waals surface area contributed by atoms with Gasteiger partial charge in [-0.05, 0) is 36.0 Å². The summed E-state index contributed by atoms with van der Waals surface area (Å²) in [4.78, 5) is 15.0. The summed E-state index contributed by atoms with van der Waals surface area (Å²) in [6, 6.07) is 5.12. The molecule has 3 nitrogen and oxygen atoms in total. The minimum atomic E-state index is -0.145. The monoisotopic (exact) mass is 300 g/mol. The van der Waals surface area contributed by atoms with Gasteiger partial charge in [-0.2, -0.15) is 0 Å². The molecule has 0 aromatic heterocycles. The Kier molecular flexibility index (Phi) is 3.61. The lowest BCUT2D eigenvalue weighted by Gasteiger charge is -2.11. The Bertz CT molecular complexity index is 571. The van der Waals surface area contributed by atoms with E-state index in [1.54, 1.807) is 43.3 Å². The van der Waals surface area contributed by atoms with Crippen LogP contribution in [0.5, 0.6) is 0 Å². The number of amides is 1. The quantitative estimate of drug-likeness (QED) is 0.588. The Labute approximate surface area is 121 Å².